The summed E-state index contributed by atoms with van der Waals surface area (Å²) >= 11 is 1.57. The van der Waals surface area contributed by atoms with Crippen LogP contribution in [0, 0.1) is 0 Å². The molecule has 0 amide bonds. The number of benzene rings is 1. The van der Waals surface area contributed by atoms with Crippen LogP contribution in [0.4, 0.5) is 13.2 Å². The van der Waals surface area contributed by atoms with Crippen molar-refractivity contribution in [1.29, 1.82) is 0 Å². The Kier molecular flexibility index (Phi) is 3.23. The third-order valence-corrected chi connectivity index (χ3v) is 1.64. The van der Waals surface area contributed by atoms with Crippen molar-refractivity contribution in [1.82, 2.24) is 0 Å². The SMILES string of the molecule is FC(F)(F)Oc1cccc(OI)c1. The Bertz CT molecular complexity index is 287. The first kappa shape index (κ1) is 10.4. The van der Waals surface area contributed by atoms with E-state index in [-0.39, 0.29) is 5.75 Å². The molecule has 0 radical (unpaired) electrons. The maximum atomic E-state index is 11.7. The number of hydrogen-bond donors (Lipinski definition) is 0. The molecule has 0 unspecified atom stereocenters. The highest BCUT2D eigenvalue weighted by molar-refractivity contribution is 14.1. The summed E-state index contributed by atoms with van der Waals surface area (Å²) in [5.41, 5.74) is 0. The molecule has 0 bridgehead atoms. The van der Waals surface area contributed by atoms with Crippen molar-refractivity contribution in [2.75, 3.05) is 0 Å². The fraction of sp³-hybridized carbons (Fsp3) is 0.143. The molecule has 0 aliphatic carbocycles. The van der Waals surface area contributed by atoms with Crippen molar-refractivity contribution >= 4 is 23.0 Å². The van der Waals surface area contributed by atoms with Gasteiger partial charge in [-0.2, -0.15) is 0 Å². The molecule has 1 aromatic rings. The number of rotatable bonds is 2. The van der Waals surface area contributed by atoms with E-state index in [0.717, 1.165) is 6.07 Å². The number of alkyl halides is 3. The lowest BCUT2D eigenvalue weighted by atomic mass is 10.3. The highest BCUT2D eigenvalue weighted by Gasteiger charge is 2.31. The van der Waals surface area contributed by atoms with Crippen molar-refractivity contribution in [3.63, 3.8) is 0 Å². The molecule has 6 heteroatoms. The predicted molar refractivity (Wildman–Crippen MR) is 47.8 cm³/mol. The molecule has 0 atom stereocenters. The summed E-state index contributed by atoms with van der Waals surface area (Å²) < 4.78 is 43.5. The fourth-order valence-corrected chi connectivity index (χ4v) is 0.993. The van der Waals surface area contributed by atoms with E-state index in [1.165, 1.54) is 18.2 Å². The van der Waals surface area contributed by atoms with Gasteiger partial charge in [-0.25, -0.2) is 0 Å². The molecule has 1 rings (SSSR count). The topological polar surface area (TPSA) is 18.5 Å². The van der Waals surface area contributed by atoms with Crippen LogP contribution in [-0.2, 0) is 0 Å². The maximum absolute atomic E-state index is 11.7. The highest BCUT2D eigenvalue weighted by Crippen LogP contribution is 2.26. The van der Waals surface area contributed by atoms with Crippen LogP contribution in [0.3, 0.4) is 0 Å². The zero-order valence-corrected chi connectivity index (χ0v) is 8.30. The van der Waals surface area contributed by atoms with Crippen molar-refractivity contribution in [3.8, 4) is 11.5 Å². The van der Waals surface area contributed by atoms with E-state index in [9.17, 15) is 13.2 Å². The monoisotopic (exact) mass is 304 g/mol. The molecule has 2 nitrogen and oxygen atoms in total. The molecular formula is C7H4F3IO2. The highest BCUT2D eigenvalue weighted by atomic mass is 127. The van der Waals surface area contributed by atoms with Gasteiger partial charge in [0.25, 0.3) is 0 Å². The van der Waals surface area contributed by atoms with E-state index < -0.39 is 6.36 Å². The molecule has 0 N–H and O–H groups in total. The van der Waals surface area contributed by atoms with Crippen LogP contribution in [0.2, 0.25) is 0 Å². The van der Waals surface area contributed by atoms with Crippen LogP contribution in [0.1, 0.15) is 0 Å². The Morgan fingerprint density at radius 3 is 2.31 bits per heavy atom. The van der Waals surface area contributed by atoms with Gasteiger partial charge in [0.15, 0.2) is 23.0 Å². The van der Waals surface area contributed by atoms with Gasteiger partial charge >= 0.3 is 6.36 Å². The molecule has 0 heterocycles. The predicted octanol–water partition coefficient (Wildman–Crippen LogP) is 3.31. The minimum atomic E-state index is -4.66. The molecule has 0 saturated carbocycles. The second-order valence-corrected chi connectivity index (χ2v) is 2.54. The van der Waals surface area contributed by atoms with Crippen molar-refractivity contribution in [2.24, 2.45) is 0 Å². The molecular weight excluding hydrogens is 300 g/mol. The largest absolute Gasteiger partial charge is 0.573 e. The number of halogens is 4. The second-order valence-electron chi connectivity index (χ2n) is 2.10. The van der Waals surface area contributed by atoms with Crippen molar-refractivity contribution in [2.45, 2.75) is 6.36 Å². The Labute approximate surface area is 86.3 Å². The van der Waals surface area contributed by atoms with Crippen LogP contribution in [0.25, 0.3) is 0 Å². The lowest BCUT2D eigenvalue weighted by molar-refractivity contribution is -0.274. The normalized spacial score (nSPS) is 11.1. The van der Waals surface area contributed by atoms with Gasteiger partial charge in [-0.1, -0.05) is 6.07 Å². The van der Waals surface area contributed by atoms with Crippen LogP contribution in [-0.4, -0.2) is 6.36 Å². The molecule has 13 heavy (non-hydrogen) atoms. The standard InChI is InChI=1S/C7H4F3IO2/c8-7(9,10)12-5-2-1-3-6(4-5)13-11/h1-4H. The third-order valence-electron chi connectivity index (χ3n) is 1.13. The van der Waals surface area contributed by atoms with Gasteiger partial charge in [-0.15, -0.1) is 13.2 Å². The molecule has 0 spiro atoms. The molecule has 0 aliphatic heterocycles. The first-order valence-electron chi connectivity index (χ1n) is 3.15. The van der Waals surface area contributed by atoms with Gasteiger partial charge in [0.05, 0.1) is 0 Å². The van der Waals surface area contributed by atoms with Crippen LogP contribution in [0.15, 0.2) is 24.3 Å². The molecule has 0 saturated heterocycles. The Morgan fingerprint density at radius 1 is 1.15 bits per heavy atom. The fourth-order valence-electron chi connectivity index (χ4n) is 0.719. The number of hydrogen-bond acceptors (Lipinski definition) is 2. The molecule has 72 valence electrons. The lowest BCUT2D eigenvalue weighted by Gasteiger charge is -2.08. The van der Waals surface area contributed by atoms with E-state index >= 15 is 0 Å². The summed E-state index contributed by atoms with van der Waals surface area (Å²) in [6.07, 6.45) is -4.66. The summed E-state index contributed by atoms with van der Waals surface area (Å²) in [6.45, 7) is 0. The minimum Gasteiger partial charge on any atom is -0.428 e. The first-order valence-corrected chi connectivity index (χ1v) is 4.04. The van der Waals surface area contributed by atoms with Crippen molar-refractivity contribution < 1.29 is 21.0 Å². The molecule has 1 aromatic carbocycles. The number of ether oxygens (including phenoxy) is 1. The zero-order valence-electron chi connectivity index (χ0n) is 6.14. The van der Waals surface area contributed by atoms with E-state index in [1.807, 2.05) is 0 Å². The van der Waals surface area contributed by atoms with Crippen molar-refractivity contribution in [3.05, 3.63) is 24.3 Å². The van der Waals surface area contributed by atoms with Gasteiger partial charge in [0, 0.05) is 6.07 Å². The minimum absolute atomic E-state index is 0.290. The average Bonchev–Trinajstić information content (AvgIpc) is 2.01. The van der Waals surface area contributed by atoms with E-state index in [1.54, 1.807) is 23.0 Å². The van der Waals surface area contributed by atoms with E-state index in [4.69, 9.17) is 3.07 Å². The quantitative estimate of drug-likeness (QED) is 0.780. The van der Waals surface area contributed by atoms with E-state index in [2.05, 4.69) is 4.74 Å². The Hall–Kier alpha value is -0.660. The molecule has 0 fully saturated rings. The molecule has 0 aliphatic rings. The third kappa shape index (κ3) is 3.71. The lowest BCUT2D eigenvalue weighted by Crippen LogP contribution is -2.16. The zero-order chi connectivity index (χ0) is 9.90. The van der Waals surface area contributed by atoms with Crippen LogP contribution < -0.4 is 7.80 Å². The Balaban J connectivity index is 2.78. The second kappa shape index (κ2) is 4.03. The van der Waals surface area contributed by atoms with E-state index in [0.29, 0.717) is 5.75 Å². The summed E-state index contributed by atoms with van der Waals surface area (Å²) in [6, 6.07) is 5.29. The van der Waals surface area contributed by atoms with Gasteiger partial charge in [-0.05, 0) is 12.1 Å². The summed E-state index contributed by atoms with van der Waals surface area (Å²) in [4.78, 5) is 0. The Morgan fingerprint density at radius 2 is 1.77 bits per heavy atom. The molecule has 0 aromatic heterocycles. The summed E-state index contributed by atoms with van der Waals surface area (Å²) in [5.74, 6) is 0.0176. The van der Waals surface area contributed by atoms with Gasteiger partial charge in [-0.3, -0.25) is 0 Å². The van der Waals surface area contributed by atoms with Crippen LogP contribution >= 0.6 is 23.0 Å². The average molecular weight is 304 g/mol. The smallest absolute Gasteiger partial charge is 0.428 e. The summed E-state index contributed by atoms with van der Waals surface area (Å²) in [5, 5.41) is 0. The summed E-state index contributed by atoms with van der Waals surface area (Å²) in [7, 11) is 0. The van der Waals surface area contributed by atoms with Gasteiger partial charge < -0.3 is 7.80 Å². The first-order chi connectivity index (χ1) is 6.01. The van der Waals surface area contributed by atoms with Crippen LogP contribution in [0.5, 0.6) is 11.5 Å². The van der Waals surface area contributed by atoms with Gasteiger partial charge in [0.2, 0.25) is 0 Å². The van der Waals surface area contributed by atoms with Gasteiger partial charge in [0.1, 0.15) is 11.5 Å². The maximum Gasteiger partial charge on any atom is 0.573 e.